The number of carbonyl (C=O) groups excluding carboxylic acids is 1. The number of aryl methyl sites for hydroxylation is 1. The smallest absolute Gasteiger partial charge is 0.410 e. The average Bonchev–Trinajstić information content (AvgIpc) is 3.19. The Morgan fingerprint density at radius 3 is 2.45 bits per heavy atom. The topological polar surface area (TPSA) is 76.4 Å². The molecule has 0 bridgehead atoms. The van der Waals surface area contributed by atoms with Crippen LogP contribution < -0.4 is 4.90 Å². The lowest BCUT2D eigenvalue weighted by atomic mass is 10.1. The van der Waals surface area contributed by atoms with Crippen molar-refractivity contribution in [3.05, 3.63) is 70.2 Å². The molecule has 5 rings (SSSR count). The molecule has 0 unspecified atom stereocenters. The molecule has 0 saturated carbocycles. The molecule has 38 heavy (non-hydrogen) atoms. The third-order valence-corrected chi connectivity index (χ3v) is 7.06. The summed E-state index contributed by atoms with van der Waals surface area (Å²) in [6.45, 7) is 10.7. The second-order valence-corrected chi connectivity index (χ2v) is 11.2. The van der Waals surface area contributed by atoms with Crippen LogP contribution in [0.25, 0.3) is 22.3 Å². The number of amides is 1. The summed E-state index contributed by atoms with van der Waals surface area (Å²) in [4.78, 5) is 30.3. The number of nitrogens with zero attached hydrogens (tertiary/aromatic N) is 6. The van der Waals surface area contributed by atoms with Crippen LogP contribution in [0, 0.1) is 6.92 Å². The van der Waals surface area contributed by atoms with Gasteiger partial charge in [-0.05, 0) is 69.7 Å². The number of aromatic nitrogens is 4. The minimum Gasteiger partial charge on any atom is -0.444 e. The van der Waals surface area contributed by atoms with Gasteiger partial charge in [0, 0.05) is 48.0 Å². The summed E-state index contributed by atoms with van der Waals surface area (Å²) in [5.74, 6) is 1.74. The number of hydrogen-bond acceptors (Lipinski definition) is 6. The van der Waals surface area contributed by atoms with Crippen LogP contribution >= 0.6 is 23.2 Å². The molecule has 1 aromatic carbocycles. The summed E-state index contributed by atoms with van der Waals surface area (Å²) in [6, 6.07) is 11.5. The summed E-state index contributed by atoms with van der Waals surface area (Å²) in [5, 5.41) is 1.31. The van der Waals surface area contributed by atoms with Gasteiger partial charge in [-0.2, -0.15) is 0 Å². The normalized spacial score (nSPS) is 14.3. The Balaban J connectivity index is 1.32. The van der Waals surface area contributed by atoms with E-state index in [1.807, 2.05) is 64.2 Å². The van der Waals surface area contributed by atoms with Gasteiger partial charge in [-0.1, -0.05) is 23.2 Å². The van der Waals surface area contributed by atoms with Crippen molar-refractivity contribution in [2.75, 3.05) is 31.1 Å². The maximum Gasteiger partial charge on any atom is 0.410 e. The van der Waals surface area contributed by atoms with Crippen molar-refractivity contribution in [2.24, 2.45) is 0 Å². The molecule has 3 aromatic heterocycles. The Morgan fingerprint density at radius 1 is 1.00 bits per heavy atom. The van der Waals surface area contributed by atoms with Crippen molar-refractivity contribution in [1.29, 1.82) is 0 Å². The first kappa shape index (κ1) is 26.3. The molecule has 1 aliphatic heterocycles. The zero-order valence-corrected chi connectivity index (χ0v) is 23.4. The monoisotopic (exact) mass is 552 g/mol. The Bertz CT molecular complexity index is 1470. The molecule has 4 aromatic rings. The Morgan fingerprint density at radius 2 is 1.76 bits per heavy atom. The van der Waals surface area contributed by atoms with Crippen LogP contribution in [-0.2, 0) is 11.3 Å². The zero-order chi connectivity index (χ0) is 27.0. The Kier molecular flexibility index (Phi) is 7.20. The van der Waals surface area contributed by atoms with Crippen molar-refractivity contribution >= 4 is 46.1 Å². The third-order valence-electron chi connectivity index (χ3n) is 6.46. The van der Waals surface area contributed by atoms with Crippen molar-refractivity contribution in [1.82, 2.24) is 24.4 Å². The zero-order valence-electron chi connectivity index (χ0n) is 21.9. The van der Waals surface area contributed by atoms with E-state index < -0.39 is 5.60 Å². The van der Waals surface area contributed by atoms with Crippen LogP contribution in [0.15, 0.2) is 48.8 Å². The highest BCUT2D eigenvalue weighted by molar-refractivity contribution is 6.33. The highest BCUT2D eigenvalue weighted by Crippen LogP contribution is 2.27. The third kappa shape index (κ3) is 5.71. The number of rotatable bonds is 4. The maximum absolute atomic E-state index is 12.4. The fourth-order valence-corrected chi connectivity index (χ4v) is 4.88. The highest BCUT2D eigenvalue weighted by Gasteiger charge is 2.26. The van der Waals surface area contributed by atoms with Gasteiger partial charge < -0.3 is 19.1 Å². The van der Waals surface area contributed by atoms with Gasteiger partial charge >= 0.3 is 6.09 Å². The van der Waals surface area contributed by atoms with Crippen LogP contribution in [0.3, 0.4) is 0 Å². The van der Waals surface area contributed by atoms with Crippen LogP contribution in [0.4, 0.5) is 10.6 Å². The Hall–Kier alpha value is -3.36. The molecule has 0 spiro atoms. The SMILES string of the molecule is Cc1nc2cnc(-c3ccc(N4CCN(C(=O)OC(C)(C)C)CC4)nc3)cc2n1Cc1cc(Cl)ccc1Cl. The van der Waals surface area contributed by atoms with E-state index in [1.165, 1.54) is 0 Å². The van der Waals surface area contributed by atoms with E-state index in [-0.39, 0.29) is 6.09 Å². The second-order valence-electron chi connectivity index (χ2n) is 10.4. The van der Waals surface area contributed by atoms with Gasteiger partial charge in [-0.15, -0.1) is 0 Å². The second kappa shape index (κ2) is 10.4. The molecule has 0 radical (unpaired) electrons. The van der Waals surface area contributed by atoms with Gasteiger partial charge in [-0.25, -0.2) is 14.8 Å². The predicted octanol–water partition coefficient (Wildman–Crippen LogP) is 6.21. The van der Waals surface area contributed by atoms with E-state index in [4.69, 9.17) is 32.9 Å². The largest absolute Gasteiger partial charge is 0.444 e. The molecule has 0 aliphatic carbocycles. The summed E-state index contributed by atoms with van der Waals surface area (Å²) < 4.78 is 7.61. The lowest BCUT2D eigenvalue weighted by Crippen LogP contribution is -2.50. The lowest BCUT2D eigenvalue weighted by Gasteiger charge is -2.36. The number of pyridine rings is 2. The molecule has 0 atom stereocenters. The number of anilines is 1. The minimum absolute atomic E-state index is 0.269. The number of piperazine rings is 1. The number of imidazole rings is 1. The number of benzene rings is 1. The summed E-state index contributed by atoms with van der Waals surface area (Å²) in [5.41, 5.74) is 3.93. The Labute approximate surface area is 232 Å². The predicted molar refractivity (Wildman–Crippen MR) is 151 cm³/mol. The van der Waals surface area contributed by atoms with E-state index >= 15 is 0 Å². The molecular weight excluding hydrogens is 523 g/mol. The first-order chi connectivity index (χ1) is 18.1. The first-order valence-corrected chi connectivity index (χ1v) is 13.3. The molecule has 1 amide bonds. The minimum atomic E-state index is -0.499. The summed E-state index contributed by atoms with van der Waals surface area (Å²) in [6.07, 6.45) is 3.36. The van der Waals surface area contributed by atoms with E-state index in [9.17, 15) is 4.79 Å². The van der Waals surface area contributed by atoms with Gasteiger partial charge in [0.1, 0.15) is 22.8 Å². The molecule has 198 valence electrons. The molecule has 0 N–H and O–H groups in total. The molecule has 1 fully saturated rings. The van der Waals surface area contributed by atoms with Gasteiger partial charge in [0.2, 0.25) is 0 Å². The van der Waals surface area contributed by atoms with Gasteiger partial charge in [0.25, 0.3) is 0 Å². The number of ether oxygens (including phenoxy) is 1. The number of carbonyl (C=O) groups is 1. The van der Waals surface area contributed by atoms with Crippen LogP contribution in [0.2, 0.25) is 10.0 Å². The van der Waals surface area contributed by atoms with Crippen LogP contribution in [0.1, 0.15) is 32.2 Å². The standard InChI is InChI=1S/C28H30Cl2N6O2/c1-18-33-24-16-31-23(14-25(24)36(18)17-20-13-21(29)6-7-22(20)30)19-5-8-26(32-15-19)34-9-11-35(12-10-34)27(37)38-28(2,3)4/h5-8,13-16H,9-12,17H2,1-4H3. The van der Waals surface area contributed by atoms with E-state index in [0.29, 0.717) is 42.8 Å². The van der Waals surface area contributed by atoms with Gasteiger partial charge in [0.15, 0.2) is 0 Å². The lowest BCUT2D eigenvalue weighted by molar-refractivity contribution is 0.0240. The van der Waals surface area contributed by atoms with Gasteiger partial charge in [0.05, 0.1) is 24.0 Å². The average molecular weight is 553 g/mol. The molecule has 10 heteroatoms. The first-order valence-electron chi connectivity index (χ1n) is 12.5. The molecule has 1 aliphatic rings. The van der Waals surface area contributed by atoms with Crippen molar-refractivity contribution in [2.45, 2.75) is 39.8 Å². The molecule has 8 nitrogen and oxygen atoms in total. The fourth-order valence-electron chi connectivity index (χ4n) is 4.51. The van der Waals surface area contributed by atoms with Crippen LogP contribution in [-0.4, -0.2) is 62.3 Å². The quantitative estimate of drug-likeness (QED) is 0.299. The van der Waals surface area contributed by atoms with E-state index in [2.05, 4.69) is 19.4 Å². The molecule has 4 heterocycles. The van der Waals surface area contributed by atoms with E-state index in [1.54, 1.807) is 17.2 Å². The van der Waals surface area contributed by atoms with Crippen molar-refractivity contribution in [3.63, 3.8) is 0 Å². The molecular formula is C28H30Cl2N6O2. The maximum atomic E-state index is 12.4. The fraction of sp³-hybridized carbons (Fsp3) is 0.357. The van der Waals surface area contributed by atoms with Crippen molar-refractivity contribution in [3.8, 4) is 11.3 Å². The van der Waals surface area contributed by atoms with Crippen LogP contribution in [0.5, 0.6) is 0 Å². The summed E-state index contributed by atoms with van der Waals surface area (Å²) in [7, 11) is 0. The van der Waals surface area contributed by atoms with E-state index in [0.717, 1.165) is 39.5 Å². The van der Waals surface area contributed by atoms with Gasteiger partial charge in [-0.3, -0.25) is 4.98 Å². The number of hydrogen-bond donors (Lipinski definition) is 0. The molecule has 1 saturated heterocycles. The number of halogens is 2. The highest BCUT2D eigenvalue weighted by atomic mass is 35.5. The van der Waals surface area contributed by atoms with Crippen molar-refractivity contribution < 1.29 is 9.53 Å². The summed E-state index contributed by atoms with van der Waals surface area (Å²) >= 11 is 12.6. The number of fused-ring (bicyclic) bond motifs is 1.